The second kappa shape index (κ2) is 13.0. The summed E-state index contributed by atoms with van der Waals surface area (Å²) in [6.45, 7) is 11.3. The molecule has 0 amide bonds. The Kier molecular flexibility index (Phi) is 10.3. The largest absolute Gasteiger partial charge is 0.459 e. The maximum Gasteiger partial charge on any atom is 0.338 e. The molecule has 0 heterocycles. The van der Waals surface area contributed by atoms with E-state index in [0.717, 1.165) is 13.8 Å². The first-order chi connectivity index (χ1) is 20.3. The van der Waals surface area contributed by atoms with E-state index in [0.29, 0.717) is 0 Å². The zero-order valence-electron chi connectivity index (χ0n) is 26.4. The Labute approximate surface area is 257 Å². The van der Waals surface area contributed by atoms with Gasteiger partial charge in [0.25, 0.3) is 0 Å². The molecular weight excluding hydrogens is 572 g/mol. The molecule has 240 valence electrons. The van der Waals surface area contributed by atoms with Crippen LogP contribution in [0.25, 0.3) is 0 Å². The van der Waals surface area contributed by atoms with Crippen LogP contribution in [0, 0.1) is 17.3 Å². The molecule has 11 nitrogen and oxygen atoms in total. The van der Waals surface area contributed by atoms with E-state index in [4.69, 9.17) is 18.9 Å². The zero-order valence-corrected chi connectivity index (χ0v) is 26.4. The Bertz CT molecular complexity index is 1340. The second-order valence-electron chi connectivity index (χ2n) is 12.6. The highest BCUT2D eigenvalue weighted by Gasteiger charge is 2.63. The number of allylic oxidation sites excluding steroid dienone is 1. The molecule has 2 aliphatic rings. The van der Waals surface area contributed by atoms with Gasteiger partial charge in [-0.2, -0.15) is 0 Å². The molecule has 1 unspecified atom stereocenters. The van der Waals surface area contributed by atoms with Crippen LogP contribution in [0.15, 0.2) is 54.1 Å². The minimum absolute atomic E-state index is 0.178. The van der Waals surface area contributed by atoms with Crippen LogP contribution in [-0.2, 0) is 38.1 Å². The molecule has 3 rings (SSSR count). The monoisotopic (exact) mass is 614 g/mol. The highest BCUT2D eigenvalue weighted by Crippen LogP contribution is 2.48. The van der Waals surface area contributed by atoms with E-state index in [1.807, 2.05) is 0 Å². The van der Waals surface area contributed by atoms with Crippen molar-refractivity contribution in [2.75, 3.05) is 0 Å². The van der Waals surface area contributed by atoms with Gasteiger partial charge in [-0.3, -0.25) is 19.2 Å². The number of hydrogen-bond donors (Lipinski definition) is 2. The van der Waals surface area contributed by atoms with Gasteiger partial charge in [0.15, 0.2) is 24.1 Å². The summed E-state index contributed by atoms with van der Waals surface area (Å²) in [6, 6.07) is 8.04. The first-order valence-electron chi connectivity index (χ1n) is 14.4. The SMILES string of the molecule is CC(=O)O[C@H]1[C@@H](OC(C)=O)C(C)(C)/C=C/[C@H](C)C(=O)[C@@]2(O)C[C@@](C)(O)[C@H](OC(C)=O)C2/C=C(\C)[C@@H]1OC(=O)c1ccccc1. The summed E-state index contributed by atoms with van der Waals surface area (Å²) in [6.07, 6.45) is -1.38. The molecule has 1 aromatic carbocycles. The Morgan fingerprint density at radius 1 is 0.841 bits per heavy atom. The van der Waals surface area contributed by atoms with Crippen LogP contribution >= 0.6 is 0 Å². The van der Waals surface area contributed by atoms with Crippen molar-refractivity contribution in [2.45, 2.75) is 97.4 Å². The first kappa shape index (κ1) is 34.7. The minimum Gasteiger partial charge on any atom is -0.459 e. The predicted molar refractivity (Wildman–Crippen MR) is 157 cm³/mol. The highest BCUT2D eigenvalue weighted by atomic mass is 16.6. The molecule has 1 aromatic rings. The Hall–Kier alpha value is -3.83. The van der Waals surface area contributed by atoms with Crippen LogP contribution in [0.1, 0.15) is 72.2 Å². The molecule has 8 atom stereocenters. The van der Waals surface area contributed by atoms with E-state index in [2.05, 4.69) is 0 Å². The third-order valence-electron chi connectivity index (χ3n) is 8.13. The highest BCUT2D eigenvalue weighted by molar-refractivity contribution is 5.92. The number of fused-ring (bicyclic) bond motifs is 1. The van der Waals surface area contributed by atoms with Crippen molar-refractivity contribution in [3.05, 3.63) is 59.7 Å². The van der Waals surface area contributed by atoms with Gasteiger partial charge in [0.1, 0.15) is 17.3 Å². The number of ether oxygens (including phenoxy) is 4. The summed E-state index contributed by atoms with van der Waals surface area (Å²) in [5.41, 5.74) is -4.79. The summed E-state index contributed by atoms with van der Waals surface area (Å²) in [5.74, 6) is -5.85. The molecule has 1 fully saturated rings. The lowest BCUT2D eigenvalue weighted by atomic mass is 9.75. The van der Waals surface area contributed by atoms with Crippen molar-refractivity contribution in [2.24, 2.45) is 17.3 Å². The third-order valence-corrected chi connectivity index (χ3v) is 8.13. The number of aliphatic hydroxyl groups is 2. The maximum absolute atomic E-state index is 13.9. The van der Waals surface area contributed by atoms with E-state index in [9.17, 15) is 34.2 Å². The molecule has 2 N–H and O–H groups in total. The molecular formula is C33H42O11. The number of hydrogen-bond acceptors (Lipinski definition) is 11. The van der Waals surface area contributed by atoms with Crippen LogP contribution < -0.4 is 0 Å². The van der Waals surface area contributed by atoms with Crippen molar-refractivity contribution in [3.63, 3.8) is 0 Å². The average molecular weight is 615 g/mol. The number of rotatable bonds is 5. The van der Waals surface area contributed by atoms with Gasteiger partial charge in [-0.25, -0.2) is 4.79 Å². The third kappa shape index (κ3) is 7.44. The van der Waals surface area contributed by atoms with Gasteiger partial charge in [-0.1, -0.05) is 57.2 Å². The minimum atomic E-state index is -2.21. The molecule has 2 aliphatic carbocycles. The fraction of sp³-hybridized carbons (Fsp3) is 0.545. The molecule has 44 heavy (non-hydrogen) atoms. The van der Waals surface area contributed by atoms with Gasteiger partial charge in [0, 0.05) is 38.5 Å². The first-order valence-corrected chi connectivity index (χ1v) is 14.4. The second-order valence-corrected chi connectivity index (χ2v) is 12.6. The Morgan fingerprint density at radius 3 is 1.93 bits per heavy atom. The van der Waals surface area contributed by atoms with Crippen molar-refractivity contribution >= 4 is 29.7 Å². The molecule has 0 bridgehead atoms. The van der Waals surface area contributed by atoms with E-state index < -0.39 is 89.0 Å². The summed E-state index contributed by atoms with van der Waals surface area (Å²) in [5, 5.41) is 23.3. The topological polar surface area (TPSA) is 163 Å². The van der Waals surface area contributed by atoms with E-state index in [-0.39, 0.29) is 11.1 Å². The number of Topliss-reactive ketones (excluding diaryl/α,β-unsaturated/α-hetero) is 1. The number of carbonyl (C=O) groups is 5. The Balaban J connectivity index is 2.36. The van der Waals surface area contributed by atoms with Crippen molar-refractivity contribution < 1.29 is 53.1 Å². The summed E-state index contributed by atoms with van der Waals surface area (Å²) in [7, 11) is 0. The maximum atomic E-state index is 13.9. The lowest BCUT2D eigenvalue weighted by molar-refractivity contribution is -0.181. The zero-order chi connectivity index (χ0) is 33.2. The number of ketones is 1. The molecule has 0 saturated heterocycles. The quantitative estimate of drug-likeness (QED) is 0.284. The van der Waals surface area contributed by atoms with Crippen LogP contribution in [0.3, 0.4) is 0 Å². The van der Waals surface area contributed by atoms with Crippen molar-refractivity contribution in [1.29, 1.82) is 0 Å². The van der Waals surface area contributed by atoms with Gasteiger partial charge in [-0.15, -0.1) is 0 Å². The van der Waals surface area contributed by atoms with E-state index in [1.54, 1.807) is 45.0 Å². The standard InChI is InChI=1S/C33H42O11/c1-18-14-15-31(6,7)29(43-22(5)36)26(41-20(3)34)25(44-30(38)23-12-10-9-11-13-23)19(2)16-24-28(42-21(4)35)32(8,39)17-33(24,40)27(18)37/h9-16,18,24-26,28-29,39-40H,17H2,1-8H3/b15-14+,19-16+/t18-,24?,25-,26+,28+,29+,32+,33+/m0/s1. The smallest absolute Gasteiger partial charge is 0.338 e. The Morgan fingerprint density at radius 2 is 1.39 bits per heavy atom. The van der Waals surface area contributed by atoms with E-state index in [1.165, 1.54) is 45.1 Å². The van der Waals surface area contributed by atoms with Gasteiger partial charge in [-0.05, 0) is 31.6 Å². The molecule has 0 spiro atoms. The fourth-order valence-corrected chi connectivity index (χ4v) is 6.08. The normalized spacial score (nSPS) is 35.4. The van der Waals surface area contributed by atoms with Gasteiger partial charge >= 0.3 is 23.9 Å². The number of carbonyl (C=O) groups excluding carboxylic acids is 5. The lowest BCUT2D eigenvalue weighted by Crippen LogP contribution is -2.52. The van der Waals surface area contributed by atoms with Crippen molar-refractivity contribution in [1.82, 2.24) is 0 Å². The van der Waals surface area contributed by atoms with Crippen LogP contribution in [0.2, 0.25) is 0 Å². The lowest BCUT2D eigenvalue weighted by Gasteiger charge is -2.40. The summed E-state index contributed by atoms with van der Waals surface area (Å²) in [4.78, 5) is 64.3. The van der Waals surface area contributed by atoms with Gasteiger partial charge in [0.2, 0.25) is 0 Å². The molecule has 0 aliphatic heterocycles. The number of esters is 4. The summed E-state index contributed by atoms with van der Waals surface area (Å²) >= 11 is 0. The molecule has 0 aromatic heterocycles. The predicted octanol–water partition coefficient (Wildman–Crippen LogP) is 3.26. The molecule has 0 radical (unpaired) electrons. The molecule has 11 heteroatoms. The van der Waals surface area contributed by atoms with Gasteiger partial charge in [0.05, 0.1) is 11.5 Å². The van der Waals surface area contributed by atoms with Crippen LogP contribution in [-0.4, -0.2) is 75.5 Å². The van der Waals surface area contributed by atoms with Gasteiger partial charge < -0.3 is 29.2 Å². The van der Waals surface area contributed by atoms with Crippen LogP contribution in [0.4, 0.5) is 0 Å². The number of benzene rings is 1. The molecule has 1 saturated carbocycles. The summed E-state index contributed by atoms with van der Waals surface area (Å²) < 4.78 is 22.9. The van der Waals surface area contributed by atoms with E-state index >= 15 is 0 Å². The van der Waals surface area contributed by atoms with Crippen molar-refractivity contribution in [3.8, 4) is 0 Å². The fourth-order valence-electron chi connectivity index (χ4n) is 6.08. The van der Waals surface area contributed by atoms with Crippen LogP contribution in [0.5, 0.6) is 0 Å². The average Bonchev–Trinajstić information content (AvgIpc) is 3.11.